The van der Waals surface area contributed by atoms with Crippen molar-refractivity contribution in [2.24, 2.45) is 0 Å². The van der Waals surface area contributed by atoms with Gasteiger partial charge in [0.25, 0.3) is 0 Å². The van der Waals surface area contributed by atoms with Gasteiger partial charge in [-0.05, 0) is 25.5 Å². The molecule has 0 saturated heterocycles. The summed E-state index contributed by atoms with van der Waals surface area (Å²) < 4.78 is 12.4. The van der Waals surface area contributed by atoms with Gasteiger partial charge in [0.1, 0.15) is 5.83 Å². The first-order chi connectivity index (χ1) is 4.70. The van der Waals surface area contributed by atoms with E-state index in [0.29, 0.717) is 0 Å². The third-order valence-electron chi connectivity index (χ3n) is 1.09. The highest BCUT2D eigenvalue weighted by Gasteiger charge is 1.85. The van der Waals surface area contributed by atoms with Crippen LogP contribution >= 0.6 is 0 Å². The first-order valence-corrected chi connectivity index (χ1v) is 3.37. The van der Waals surface area contributed by atoms with E-state index in [2.05, 4.69) is 6.58 Å². The lowest BCUT2D eigenvalue weighted by Gasteiger charge is -1.89. The van der Waals surface area contributed by atoms with E-state index in [4.69, 9.17) is 0 Å². The molecular weight excluding hydrogens is 127 g/mol. The molecule has 0 radical (unpaired) electrons. The first-order valence-electron chi connectivity index (χ1n) is 3.37. The smallest absolute Gasteiger partial charge is 0.122 e. The average molecular weight is 140 g/mol. The minimum atomic E-state index is -0.276. The second-order valence-corrected chi connectivity index (χ2v) is 2.09. The Morgan fingerprint density at radius 2 is 2.20 bits per heavy atom. The molecule has 0 aliphatic rings. The van der Waals surface area contributed by atoms with Crippen molar-refractivity contribution in [1.29, 1.82) is 0 Å². The van der Waals surface area contributed by atoms with Crippen molar-refractivity contribution in [2.75, 3.05) is 0 Å². The second-order valence-electron chi connectivity index (χ2n) is 2.09. The van der Waals surface area contributed by atoms with E-state index in [1.54, 1.807) is 0 Å². The fraction of sp³-hybridized carbons (Fsp3) is 0.333. The van der Waals surface area contributed by atoms with Gasteiger partial charge in [0, 0.05) is 0 Å². The maximum absolute atomic E-state index is 12.4. The van der Waals surface area contributed by atoms with Gasteiger partial charge in [0.15, 0.2) is 0 Å². The Kier molecular flexibility index (Phi) is 4.55. The summed E-state index contributed by atoms with van der Waals surface area (Å²) in [4.78, 5) is 0. The van der Waals surface area contributed by atoms with E-state index in [0.717, 1.165) is 12.0 Å². The third kappa shape index (κ3) is 4.07. The summed E-state index contributed by atoms with van der Waals surface area (Å²) in [6.07, 6.45) is 5.57. The predicted molar refractivity (Wildman–Crippen MR) is 43.4 cm³/mol. The Balaban J connectivity index is 4.11. The number of rotatable bonds is 3. The molecule has 56 valence electrons. The molecule has 0 aromatic carbocycles. The normalized spacial score (nSPS) is 13.5. The lowest BCUT2D eigenvalue weighted by atomic mass is 10.2. The van der Waals surface area contributed by atoms with Crippen LogP contribution in [0.5, 0.6) is 0 Å². The molecule has 0 aliphatic heterocycles. The Bertz CT molecular complexity index is 164. The molecular formula is C9H13F. The molecule has 0 aliphatic carbocycles. The SMILES string of the molecule is C=C/C(F)=C\C(C)=C/CC. The highest BCUT2D eigenvalue weighted by molar-refractivity contribution is 5.23. The average Bonchev–Trinajstić information content (AvgIpc) is 1.88. The number of allylic oxidation sites excluding steroid dienone is 5. The number of hydrogen-bond acceptors (Lipinski definition) is 0. The van der Waals surface area contributed by atoms with Gasteiger partial charge in [-0.1, -0.05) is 25.2 Å². The van der Waals surface area contributed by atoms with Gasteiger partial charge >= 0.3 is 0 Å². The Labute approximate surface area is 61.8 Å². The maximum Gasteiger partial charge on any atom is 0.122 e. The lowest BCUT2D eigenvalue weighted by molar-refractivity contribution is 0.666. The molecule has 0 fully saturated rings. The molecule has 0 N–H and O–H groups in total. The van der Waals surface area contributed by atoms with Gasteiger partial charge in [-0.2, -0.15) is 0 Å². The fourth-order valence-corrected chi connectivity index (χ4v) is 0.657. The van der Waals surface area contributed by atoms with Gasteiger partial charge in [-0.3, -0.25) is 0 Å². The molecule has 0 saturated carbocycles. The molecule has 0 unspecified atom stereocenters. The third-order valence-corrected chi connectivity index (χ3v) is 1.09. The molecule has 0 aromatic heterocycles. The standard InChI is InChI=1S/C9H13F/c1-4-6-8(3)7-9(10)5-2/h5-7H,2,4H2,1,3H3/b8-6-,9-7+. The van der Waals surface area contributed by atoms with Crippen molar-refractivity contribution in [1.82, 2.24) is 0 Å². The van der Waals surface area contributed by atoms with Crippen molar-refractivity contribution in [3.8, 4) is 0 Å². The zero-order valence-corrected chi connectivity index (χ0v) is 6.52. The predicted octanol–water partition coefficient (Wildman–Crippen LogP) is 3.38. The largest absolute Gasteiger partial charge is 0.207 e. The summed E-state index contributed by atoms with van der Waals surface area (Å²) >= 11 is 0. The van der Waals surface area contributed by atoms with E-state index in [9.17, 15) is 4.39 Å². The van der Waals surface area contributed by atoms with Crippen LogP contribution in [0.2, 0.25) is 0 Å². The summed E-state index contributed by atoms with van der Waals surface area (Å²) in [6.45, 7) is 7.19. The van der Waals surface area contributed by atoms with Crippen molar-refractivity contribution in [2.45, 2.75) is 20.3 Å². The summed E-state index contributed by atoms with van der Waals surface area (Å²) in [5.41, 5.74) is 0.944. The maximum atomic E-state index is 12.4. The molecule has 1 heteroatoms. The molecule has 10 heavy (non-hydrogen) atoms. The molecule has 0 amide bonds. The van der Waals surface area contributed by atoms with Gasteiger partial charge < -0.3 is 0 Å². The Morgan fingerprint density at radius 3 is 2.60 bits per heavy atom. The van der Waals surface area contributed by atoms with Crippen LogP contribution in [0.4, 0.5) is 4.39 Å². The number of hydrogen-bond donors (Lipinski definition) is 0. The summed E-state index contributed by atoms with van der Waals surface area (Å²) in [5.74, 6) is -0.276. The minimum absolute atomic E-state index is 0.276. The van der Waals surface area contributed by atoms with Crippen LogP contribution in [-0.4, -0.2) is 0 Å². The van der Waals surface area contributed by atoms with Gasteiger partial charge in [-0.15, -0.1) is 0 Å². The monoisotopic (exact) mass is 140 g/mol. The van der Waals surface area contributed by atoms with Crippen molar-refractivity contribution in [3.63, 3.8) is 0 Å². The van der Waals surface area contributed by atoms with Crippen LogP contribution in [0.15, 0.2) is 36.2 Å². The minimum Gasteiger partial charge on any atom is -0.207 e. The van der Waals surface area contributed by atoms with Crippen LogP contribution in [0.1, 0.15) is 20.3 Å². The zero-order valence-electron chi connectivity index (χ0n) is 6.52. The number of halogens is 1. The molecule has 0 heterocycles. The Hall–Kier alpha value is -0.850. The van der Waals surface area contributed by atoms with Crippen molar-refractivity contribution >= 4 is 0 Å². The van der Waals surface area contributed by atoms with Gasteiger partial charge in [0.05, 0.1) is 0 Å². The van der Waals surface area contributed by atoms with E-state index in [1.807, 2.05) is 19.9 Å². The highest BCUT2D eigenvalue weighted by atomic mass is 19.1. The van der Waals surface area contributed by atoms with Gasteiger partial charge in [-0.25, -0.2) is 4.39 Å². The lowest BCUT2D eigenvalue weighted by Crippen LogP contribution is -1.70. The van der Waals surface area contributed by atoms with Crippen molar-refractivity contribution in [3.05, 3.63) is 36.2 Å². The molecule has 0 spiro atoms. The Morgan fingerprint density at radius 1 is 1.60 bits per heavy atom. The van der Waals surface area contributed by atoms with Crippen LogP contribution in [0, 0.1) is 0 Å². The molecule has 0 rings (SSSR count). The van der Waals surface area contributed by atoms with Crippen molar-refractivity contribution < 1.29 is 4.39 Å². The van der Waals surface area contributed by atoms with Crippen LogP contribution in [0.3, 0.4) is 0 Å². The molecule has 0 nitrogen and oxygen atoms in total. The fourth-order valence-electron chi connectivity index (χ4n) is 0.657. The van der Waals surface area contributed by atoms with E-state index in [1.165, 1.54) is 12.2 Å². The summed E-state index contributed by atoms with van der Waals surface area (Å²) in [7, 11) is 0. The topological polar surface area (TPSA) is 0 Å². The molecule has 0 atom stereocenters. The van der Waals surface area contributed by atoms with E-state index >= 15 is 0 Å². The molecule has 0 aromatic rings. The van der Waals surface area contributed by atoms with E-state index < -0.39 is 0 Å². The first kappa shape index (κ1) is 9.15. The van der Waals surface area contributed by atoms with Crippen LogP contribution in [0.25, 0.3) is 0 Å². The second kappa shape index (κ2) is 4.98. The van der Waals surface area contributed by atoms with Crippen LogP contribution < -0.4 is 0 Å². The molecule has 0 bridgehead atoms. The van der Waals surface area contributed by atoms with E-state index in [-0.39, 0.29) is 5.83 Å². The quantitative estimate of drug-likeness (QED) is 0.527. The van der Waals surface area contributed by atoms with Gasteiger partial charge in [0.2, 0.25) is 0 Å². The zero-order chi connectivity index (χ0) is 7.98. The summed E-state index contributed by atoms with van der Waals surface area (Å²) in [5, 5.41) is 0. The van der Waals surface area contributed by atoms with Crippen LogP contribution in [-0.2, 0) is 0 Å². The highest BCUT2D eigenvalue weighted by Crippen LogP contribution is 2.04. The summed E-state index contributed by atoms with van der Waals surface area (Å²) in [6, 6.07) is 0.